The Balaban J connectivity index is 1.82. The van der Waals surface area contributed by atoms with Gasteiger partial charge < -0.3 is 9.47 Å². The van der Waals surface area contributed by atoms with Crippen LogP contribution in [0.15, 0.2) is 6.20 Å². The average molecular weight is 343 g/mol. The first kappa shape index (κ1) is 17.7. The van der Waals surface area contributed by atoms with Gasteiger partial charge in [-0.25, -0.2) is 4.98 Å². The van der Waals surface area contributed by atoms with Gasteiger partial charge in [-0.1, -0.05) is 6.92 Å². The fourth-order valence-corrected chi connectivity index (χ4v) is 3.98. The summed E-state index contributed by atoms with van der Waals surface area (Å²) in [5, 5.41) is 4.56. The second kappa shape index (κ2) is 7.02. The lowest BCUT2D eigenvalue weighted by atomic mass is 9.96. The first-order chi connectivity index (χ1) is 11.9. The minimum atomic E-state index is 0.119. The minimum Gasteiger partial charge on any atom is -0.338 e. The number of aryl methyl sites for hydroxylation is 4. The van der Waals surface area contributed by atoms with Crippen molar-refractivity contribution in [1.29, 1.82) is 0 Å². The Morgan fingerprint density at radius 3 is 2.72 bits per heavy atom. The zero-order valence-electron chi connectivity index (χ0n) is 16.0. The van der Waals surface area contributed by atoms with Crippen molar-refractivity contribution < 1.29 is 4.79 Å². The van der Waals surface area contributed by atoms with Crippen molar-refractivity contribution in [1.82, 2.24) is 24.2 Å². The molecule has 6 nitrogen and oxygen atoms in total. The van der Waals surface area contributed by atoms with Crippen LogP contribution in [0.2, 0.25) is 0 Å². The molecule has 1 fully saturated rings. The molecule has 6 heteroatoms. The van der Waals surface area contributed by atoms with E-state index in [9.17, 15) is 4.79 Å². The minimum absolute atomic E-state index is 0.119. The predicted molar refractivity (Wildman–Crippen MR) is 97.8 cm³/mol. The molecule has 136 valence electrons. The van der Waals surface area contributed by atoms with Crippen LogP contribution in [0, 0.1) is 20.8 Å². The molecule has 25 heavy (non-hydrogen) atoms. The molecule has 3 rings (SSSR count). The fourth-order valence-electron chi connectivity index (χ4n) is 3.98. The van der Waals surface area contributed by atoms with Crippen molar-refractivity contribution >= 4 is 5.91 Å². The Kier molecular flexibility index (Phi) is 4.97. The molecule has 0 bridgehead atoms. The van der Waals surface area contributed by atoms with Gasteiger partial charge in [-0.3, -0.25) is 9.48 Å². The van der Waals surface area contributed by atoms with Gasteiger partial charge in [0.1, 0.15) is 5.82 Å². The number of hydrogen-bond acceptors (Lipinski definition) is 3. The summed E-state index contributed by atoms with van der Waals surface area (Å²) in [7, 11) is 2.04. The summed E-state index contributed by atoms with van der Waals surface area (Å²) in [5.74, 6) is 1.51. The van der Waals surface area contributed by atoms with Gasteiger partial charge in [-0.05, 0) is 40.0 Å². The maximum Gasteiger partial charge on any atom is 0.257 e. The second-order valence-electron chi connectivity index (χ2n) is 7.21. The van der Waals surface area contributed by atoms with E-state index in [1.807, 2.05) is 37.4 Å². The predicted octanol–water partition coefficient (Wildman–Crippen LogP) is 2.97. The first-order valence-corrected chi connectivity index (χ1v) is 9.25. The molecule has 2 aromatic heterocycles. The number of amides is 1. The van der Waals surface area contributed by atoms with Crippen LogP contribution in [0.5, 0.6) is 0 Å². The van der Waals surface area contributed by atoms with Crippen LogP contribution in [0.1, 0.15) is 65.4 Å². The van der Waals surface area contributed by atoms with E-state index in [1.54, 1.807) is 0 Å². The number of likely N-dealkylation sites (tertiary alicyclic amines) is 1. The fraction of sp³-hybridized carbons (Fsp3) is 0.632. The van der Waals surface area contributed by atoms with E-state index >= 15 is 0 Å². The third-order valence-corrected chi connectivity index (χ3v) is 5.14. The smallest absolute Gasteiger partial charge is 0.257 e. The van der Waals surface area contributed by atoms with Crippen LogP contribution >= 0.6 is 0 Å². The van der Waals surface area contributed by atoms with Crippen molar-refractivity contribution in [2.45, 2.75) is 59.4 Å². The van der Waals surface area contributed by atoms with Crippen LogP contribution in [0.3, 0.4) is 0 Å². The van der Waals surface area contributed by atoms with Crippen LogP contribution in [0.4, 0.5) is 0 Å². The van der Waals surface area contributed by atoms with Crippen LogP contribution < -0.4 is 0 Å². The van der Waals surface area contributed by atoms with Crippen molar-refractivity contribution in [3.05, 3.63) is 34.7 Å². The molecule has 0 aromatic carbocycles. The summed E-state index contributed by atoms with van der Waals surface area (Å²) in [6.45, 7) is 10.5. The van der Waals surface area contributed by atoms with Crippen molar-refractivity contribution in [2.24, 2.45) is 7.05 Å². The van der Waals surface area contributed by atoms with Crippen LogP contribution in [0.25, 0.3) is 0 Å². The maximum absolute atomic E-state index is 13.2. The van der Waals surface area contributed by atoms with E-state index in [0.717, 1.165) is 67.4 Å². The summed E-state index contributed by atoms with van der Waals surface area (Å²) in [6.07, 6.45) is 5.17. The summed E-state index contributed by atoms with van der Waals surface area (Å²) in [5.41, 5.74) is 3.64. The molecular formula is C19H29N5O. The van der Waals surface area contributed by atoms with E-state index in [-0.39, 0.29) is 5.91 Å². The number of nitrogens with zero attached hydrogens (tertiary/aromatic N) is 5. The van der Waals surface area contributed by atoms with Gasteiger partial charge in [0.15, 0.2) is 0 Å². The number of piperidine rings is 1. The Morgan fingerprint density at radius 1 is 1.32 bits per heavy atom. The topological polar surface area (TPSA) is 56.0 Å². The van der Waals surface area contributed by atoms with E-state index in [0.29, 0.717) is 5.92 Å². The van der Waals surface area contributed by atoms with Gasteiger partial charge in [0.25, 0.3) is 5.91 Å². The van der Waals surface area contributed by atoms with Crippen LogP contribution in [-0.2, 0) is 13.6 Å². The molecule has 1 atom stereocenters. The number of carbonyl (C=O) groups excluding carboxylic acids is 1. The molecule has 0 N–H and O–H groups in total. The lowest BCUT2D eigenvalue weighted by Gasteiger charge is -2.32. The molecule has 0 radical (unpaired) electrons. The molecular weight excluding hydrogens is 314 g/mol. The molecule has 3 heterocycles. The molecule has 0 spiro atoms. The standard InChI is InChI=1S/C19H29N5O/c1-6-9-24-15(4)17(14(3)21-24)19(25)23-10-7-8-16(12-23)18-20-13(2)11-22(18)5/h11,16H,6-10,12H2,1-5H3/t16-/m1/s1. The molecule has 0 aliphatic carbocycles. The SMILES string of the molecule is CCCn1nc(C)c(C(=O)N2CCC[C@@H](c3nc(C)cn3C)C2)c1C. The maximum atomic E-state index is 13.2. The Labute approximate surface area is 149 Å². The number of rotatable bonds is 4. The summed E-state index contributed by atoms with van der Waals surface area (Å²) in [6, 6.07) is 0. The van der Waals surface area contributed by atoms with Gasteiger partial charge in [-0.15, -0.1) is 0 Å². The number of aromatic nitrogens is 4. The van der Waals surface area contributed by atoms with Gasteiger partial charge >= 0.3 is 0 Å². The zero-order chi connectivity index (χ0) is 18.1. The van der Waals surface area contributed by atoms with E-state index in [4.69, 9.17) is 0 Å². The summed E-state index contributed by atoms with van der Waals surface area (Å²) in [4.78, 5) is 19.8. The molecule has 1 amide bonds. The highest BCUT2D eigenvalue weighted by atomic mass is 16.2. The summed E-state index contributed by atoms with van der Waals surface area (Å²) < 4.78 is 4.07. The van der Waals surface area contributed by atoms with Gasteiger partial charge in [-0.2, -0.15) is 5.10 Å². The number of carbonyl (C=O) groups is 1. The van der Waals surface area contributed by atoms with Crippen molar-refractivity contribution in [3.8, 4) is 0 Å². The van der Waals surface area contributed by atoms with E-state index in [1.165, 1.54) is 0 Å². The number of imidazole rings is 1. The Bertz CT molecular complexity index is 773. The average Bonchev–Trinajstić information content (AvgIpc) is 3.06. The monoisotopic (exact) mass is 343 g/mol. The molecule has 1 aliphatic rings. The third-order valence-electron chi connectivity index (χ3n) is 5.14. The zero-order valence-corrected chi connectivity index (χ0v) is 16.0. The van der Waals surface area contributed by atoms with E-state index in [2.05, 4.69) is 27.8 Å². The van der Waals surface area contributed by atoms with Crippen molar-refractivity contribution in [2.75, 3.05) is 13.1 Å². The normalized spacial score (nSPS) is 18.0. The quantitative estimate of drug-likeness (QED) is 0.857. The summed E-state index contributed by atoms with van der Waals surface area (Å²) >= 11 is 0. The van der Waals surface area contributed by atoms with Gasteiger partial charge in [0, 0.05) is 44.5 Å². The highest BCUT2D eigenvalue weighted by Crippen LogP contribution is 2.28. The first-order valence-electron chi connectivity index (χ1n) is 9.25. The lowest BCUT2D eigenvalue weighted by molar-refractivity contribution is 0.0702. The van der Waals surface area contributed by atoms with E-state index < -0.39 is 0 Å². The molecule has 1 saturated heterocycles. The Hall–Kier alpha value is -2.11. The molecule has 1 aliphatic heterocycles. The van der Waals surface area contributed by atoms with Gasteiger partial charge in [0.05, 0.1) is 17.0 Å². The largest absolute Gasteiger partial charge is 0.338 e. The van der Waals surface area contributed by atoms with Gasteiger partial charge in [0.2, 0.25) is 0 Å². The third kappa shape index (κ3) is 3.34. The highest BCUT2D eigenvalue weighted by molar-refractivity contribution is 5.96. The molecule has 0 saturated carbocycles. The Morgan fingerprint density at radius 2 is 2.08 bits per heavy atom. The lowest BCUT2D eigenvalue weighted by Crippen LogP contribution is -2.40. The molecule has 0 unspecified atom stereocenters. The van der Waals surface area contributed by atoms with Crippen molar-refractivity contribution in [3.63, 3.8) is 0 Å². The molecule has 2 aromatic rings. The highest BCUT2D eigenvalue weighted by Gasteiger charge is 2.30. The number of hydrogen-bond donors (Lipinski definition) is 0. The van der Waals surface area contributed by atoms with Crippen LogP contribution in [-0.4, -0.2) is 43.2 Å². The second-order valence-corrected chi connectivity index (χ2v) is 7.21.